The van der Waals surface area contributed by atoms with Crippen LogP contribution in [0.5, 0.6) is 0 Å². The van der Waals surface area contributed by atoms with Crippen molar-refractivity contribution in [2.24, 2.45) is 0 Å². The van der Waals surface area contributed by atoms with E-state index in [0.29, 0.717) is 24.8 Å². The fourth-order valence-corrected chi connectivity index (χ4v) is 2.67. The zero-order chi connectivity index (χ0) is 16.8. The van der Waals surface area contributed by atoms with Gasteiger partial charge in [0.1, 0.15) is 0 Å². The molecule has 3 nitrogen and oxygen atoms in total. The Hall–Kier alpha value is -2.94. The van der Waals surface area contributed by atoms with Crippen molar-refractivity contribution in [1.29, 1.82) is 0 Å². The largest absolute Gasteiger partial charge is 0.326 e. The van der Waals surface area contributed by atoms with Crippen molar-refractivity contribution in [3.8, 4) is 0 Å². The van der Waals surface area contributed by atoms with Crippen LogP contribution in [-0.2, 0) is 4.79 Å². The predicted octanol–water partition coefficient (Wildman–Crippen LogP) is 4.83. The Kier molecular flexibility index (Phi) is 5.02. The second-order valence-corrected chi connectivity index (χ2v) is 5.75. The number of amides is 1. The van der Waals surface area contributed by atoms with E-state index in [1.165, 1.54) is 0 Å². The molecule has 0 bridgehead atoms. The van der Waals surface area contributed by atoms with E-state index in [1.807, 2.05) is 60.7 Å². The maximum absolute atomic E-state index is 12.0. The molecule has 0 aliphatic heterocycles. The molecule has 0 aliphatic rings. The number of carbonyl (C=O) groups is 2. The lowest BCUT2D eigenvalue weighted by Crippen LogP contribution is -2.12. The van der Waals surface area contributed by atoms with Gasteiger partial charge < -0.3 is 5.32 Å². The molecule has 24 heavy (non-hydrogen) atoms. The molecule has 3 aromatic carbocycles. The number of rotatable bonds is 6. The molecule has 1 N–H and O–H groups in total. The minimum Gasteiger partial charge on any atom is -0.326 e. The first-order valence-electron chi connectivity index (χ1n) is 8.09. The molecule has 3 aromatic rings. The van der Waals surface area contributed by atoms with E-state index in [-0.39, 0.29) is 11.7 Å². The first-order valence-corrected chi connectivity index (χ1v) is 8.09. The Labute approximate surface area is 141 Å². The predicted molar refractivity (Wildman–Crippen MR) is 97.2 cm³/mol. The molecule has 0 spiro atoms. The number of hydrogen-bond acceptors (Lipinski definition) is 2. The molecule has 0 fully saturated rings. The van der Waals surface area contributed by atoms with E-state index in [4.69, 9.17) is 0 Å². The highest BCUT2D eigenvalue weighted by molar-refractivity contribution is 5.97. The average Bonchev–Trinajstić information content (AvgIpc) is 2.62. The van der Waals surface area contributed by atoms with Gasteiger partial charge in [-0.1, -0.05) is 60.7 Å². The molecular formula is C21H19NO2. The van der Waals surface area contributed by atoms with Crippen LogP contribution in [0.2, 0.25) is 0 Å². The van der Waals surface area contributed by atoms with E-state index < -0.39 is 0 Å². The molecular weight excluding hydrogens is 298 g/mol. The van der Waals surface area contributed by atoms with Crippen molar-refractivity contribution in [2.75, 3.05) is 5.32 Å². The standard InChI is InChI=1S/C21H19NO2/c23-20(17-8-2-1-3-9-17)11-6-12-21(24)22-19-14-13-16-7-4-5-10-18(16)15-19/h1-5,7-10,13-15H,6,11-12H2,(H,22,24). The summed E-state index contributed by atoms with van der Waals surface area (Å²) in [7, 11) is 0. The molecule has 0 radical (unpaired) electrons. The summed E-state index contributed by atoms with van der Waals surface area (Å²) >= 11 is 0. The molecule has 3 heteroatoms. The molecule has 0 heterocycles. The van der Waals surface area contributed by atoms with Crippen LogP contribution >= 0.6 is 0 Å². The fraction of sp³-hybridized carbons (Fsp3) is 0.143. The average molecular weight is 317 g/mol. The summed E-state index contributed by atoms with van der Waals surface area (Å²) in [5.74, 6) is 0.0141. The monoisotopic (exact) mass is 317 g/mol. The van der Waals surface area contributed by atoms with E-state index in [0.717, 1.165) is 16.5 Å². The van der Waals surface area contributed by atoms with Crippen molar-refractivity contribution in [1.82, 2.24) is 0 Å². The summed E-state index contributed by atoms with van der Waals surface area (Å²) in [6.45, 7) is 0. The highest BCUT2D eigenvalue weighted by Gasteiger charge is 2.08. The van der Waals surface area contributed by atoms with Crippen LogP contribution in [0.4, 0.5) is 5.69 Å². The maximum Gasteiger partial charge on any atom is 0.224 e. The van der Waals surface area contributed by atoms with E-state index in [2.05, 4.69) is 5.32 Å². The molecule has 0 saturated heterocycles. The number of ketones is 1. The van der Waals surface area contributed by atoms with Gasteiger partial charge in [0.15, 0.2) is 5.78 Å². The third-order valence-electron chi connectivity index (χ3n) is 3.94. The number of nitrogens with one attached hydrogen (secondary N) is 1. The maximum atomic E-state index is 12.0. The Morgan fingerprint density at radius 3 is 2.25 bits per heavy atom. The first kappa shape index (κ1) is 15.9. The summed E-state index contributed by atoms with van der Waals surface area (Å²) in [6, 6.07) is 23.1. The Balaban J connectivity index is 1.51. The van der Waals surface area contributed by atoms with E-state index in [9.17, 15) is 9.59 Å². The van der Waals surface area contributed by atoms with Gasteiger partial charge >= 0.3 is 0 Å². The molecule has 1 amide bonds. The summed E-state index contributed by atoms with van der Waals surface area (Å²) in [6.07, 6.45) is 1.27. The number of benzene rings is 3. The van der Waals surface area contributed by atoms with Gasteiger partial charge in [0.25, 0.3) is 0 Å². The Morgan fingerprint density at radius 2 is 1.46 bits per heavy atom. The van der Waals surface area contributed by atoms with Gasteiger partial charge in [0.2, 0.25) is 5.91 Å². The van der Waals surface area contributed by atoms with Crippen LogP contribution in [0, 0.1) is 0 Å². The molecule has 120 valence electrons. The molecule has 0 unspecified atom stereocenters. The lowest BCUT2D eigenvalue weighted by atomic mass is 10.1. The van der Waals surface area contributed by atoms with Crippen LogP contribution in [0.25, 0.3) is 10.8 Å². The lowest BCUT2D eigenvalue weighted by molar-refractivity contribution is -0.116. The molecule has 0 saturated carbocycles. The number of anilines is 1. The fourth-order valence-electron chi connectivity index (χ4n) is 2.67. The van der Waals surface area contributed by atoms with Gasteiger partial charge in [0.05, 0.1) is 0 Å². The van der Waals surface area contributed by atoms with Crippen LogP contribution in [0.1, 0.15) is 29.6 Å². The Bertz CT molecular complexity index is 856. The summed E-state index contributed by atoms with van der Waals surface area (Å²) < 4.78 is 0. The number of hydrogen-bond donors (Lipinski definition) is 1. The molecule has 0 atom stereocenters. The normalized spacial score (nSPS) is 10.5. The third-order valence-corrected chi connectivity index (χ3v) is 3.94. The van der Waals surface area contributed by atoms with Gasteiger partial charge in [-0.05, 0) is 29.3 Å². The molecule has 0 aromatic heterocycles. The summed E-state index contributed by atoms with van der Waals surface area (Å²) in [4.78, 5) is 24.0. The minimum atomic E-state index is -0.0638. The van der Waals surface area contributed by atoms with E-state index >= 15 is 0 Å². The van der Waals surface area contributed by atoms with Crippen LogP contribution < -0.4 is 5.32 Å². The van der Waals surface area contributed by atoms with Gasteiger partial charge in [-0.25, -0.2) is 0 Å². The zero-order valence-electron chi connectivity index (χ0n) is 13.4. The van der Waals surface area contributed by atoms with Gasteiger partial charge in [-0.15, -0.1) is 0 Å². The summed E-state index contributed by atoms with van der Waals surface area (Å²) in [5, 5.41) is 5.13. The quantitative estimate of drug-likeness (QED) is 0.662. The molecule has 0 aliphatic carbocycles. The lowest BCUT2D eigenvalue weighted by Gasteiger charge is -2.06. The molecule has 3 rings (SSSR count). The second-order valence-electron chi connectivity index (χ2n) is 5.75. The van der Waals surface area contributed by atoms with Gasteiger partial charge in [-0.3, -0.25) is 9.59 Å². The van der Waals surface area contributed by atoms with Crippen molar-refractivity contribution in [3.05, 3.63) is 78.4 Å². The zero-order valence-corrected chi connectivity index (χ0v) is 13.4. The minimum absolute atomic E-state index is 0.0638. The first-order chi connectivity index (χ1) is 11.7. The third kappa shape index (κ3) is 4.07. The summed E-state index contributed by atoms with van der Waals surface area (Å²) in [5.41, 5.74) is 1.49. The smallest absolute Gasteiger partial charge is 0.224 e. The van der Waals surface area contributed by atoms with Gasteiger partial charge in [-0.2, -0.15) is 0 Å². The van der Waals surface area contributed by atoms with Crippen LogP contribution in [0.3, 0.4) is 0 Å². The number of Topliss-reactive ketones (excluding diaryl/α,β-unsaturated/α-hetero) is 1. The topological polar surface area (TPSA) is 46.2 Å². The second kappa shape index (κ2) is 7.55. The number of fused-ring (bicyclic) bond motifs is 1. The Morgan fingerprint density at radius 1 is 0.750 bits per heavy atom. The van der Waals surface area contributed by atoms with Crippen molar-refractivity contribution < 1.29 is 9.59 Å². The van der Waals surface area contributed by atoms with Crippen molar-refractivity contribution in [2.45, 2.75) is 19.3 Å². The van der Waals surface area contributed by atoms with Crippen LogP contribution in [-0.4, -0.2) is 11.7 Å². The van der Waals surface area contributed by atoms with Crippen molar-refractivity contribution in [3.63, 3.8) is 0 Å². The highest BCUT2D eigenvalue weighted by Crippen LogP contribution is 2.19. The van der Waals surface area contributed by atoms with Gasteiger partial charge in [0, 0.05) is 24.1 Å². The highest BCUT2D eigenvalue weighted by atomic mass is 16.1. The van der Waals surface area contributed by atoms with E-state index in [1.54, 1.807) is 12.1 Å². The number of carbonyl (C=O) groups excluding carboxylic acids is 2. The SMILES string of the molecule is O=C(CCCC(=O)c1ccccc1)Nc1ccc2ccccc2c1. The van der Waals surface area contributed by atoms with Crippen LogP contribution in [0.15, 0.2) is 72.8 Å². The van der Waals surface area contributed by atoms with Crippen molar-refractivity contribution >= 4 is 28.2 Å².